The fourth-order valence-corrected chi connectivity index (χ4v) is 2.89. The first-order valence-electron chi connectivity index (χ1n) is 8.43. The van der Waals surface area contributed by atoms with E-state index in [0.717, 1.165) is 11.8 Å². The normalized spacial score (nSPS) is 10.3. The Morgan fingerprint density at radius 3 is 2.59 bits per heavy atom. The molecule has 3 aromatic rings. The molecule has 29 heavy (non-hydrogen) atoms. The third kappa shape index (κ3) is 5.48. The third-order valence-corrected chi connectivity index (χ3v) is 4.48. The van der Waals surface area contributed by atoms with Gasteiger partial charge in [0, 0.05) is 11.8 Å². The van der Waals surface area contributed by atoms with Crippen LogP contribution in [0.3, 0.4) is 0 Å². The van der Waals surface area contributed by atoms with Crippen LogP contribution in [0.4, 0.5) is 10.5 Å². The number of thioether (sulfide) groups is 1. The van der Waals surface area contributed by atoms with Crippen LogP contribution in [0.1, 0.15) is 0 Å². The van der Waals surface area contributed by atoms with Gasteiger partial charge in [0.05, 0.1) is 25.5 Å². The summed E-state index contributed by atoms with van der Waals surface area (Å²) < 4.78 is 16.1. The van der Waals surface area contributed by atoms with Crippen LogP contribution >= 0.6 is 11.8 Å². The summed E-state index contributed by atoms with van der Waals surface area (Å²) in [6.07, 6.45) is 0. The number of nitrogens with one attached hydrogen (secondary N) is 2. The van der Waals surface area contributed by atoms with Gasteiger partial charge in [-0.2, -0.15) is 0 Å². The summed E-state index contributed by atoms with van der Waals surface area (Å²) in [6.45, 7) is 0. The molecule has 0 radical (unpaired) electrons. The molecule has 0 aliphatic carbocycles. The number of para-hydroxylation sites is 1. The van der Waals surface area contributed by atoms with Gasteiger partial charge in [-0.15, -0.1) is 10.2 Å². The highest BCUT2D eigenvalue weighted by atomic mass is 32.2. The molecular weight excluding hydrogens is 396 g/mol. The topological polar surface area (TPSA) is 116 Å². The number of anilines is 1. The first-order chi connectivity index (χ1) is 14.1. The minimum atomic E-state index is -0.615. The van der Waals surface area contributed by atoms with Crippen molar-refractivity contribution in [3.05, 3.63) is 48.5 Å². The first-order valence-corrected chi connectivity index (χ1v) is 9.42. The summed E-state index contributed by atoms with van der Waals surface area (Å²) in [6, 6.07) is 13.4. The van der Waals surface area contributed by atoms with Crippen LogP contribution < -0.4 is 20.1 Å². The summed E-state index contributed by atoms with van der Waals surface area (Å²) in [5.41, 5.74) is 1.18. The summed E-state index contributed by atoms with van der Waals surface area (Å²) in [7, 11) is 3.08. The Balaban J connectivity index is 1.55. The molecule has 0 unspecified atom stereocenters. The Morgan fingerprint density at radius 2 is 1.86 bits per heavy atom. The van der Waals surface area contributed by atoms with E-state index in [1.165, 1.54) is 7.11 Å². The molecule has 0 spiro atoms. The zero-order valence-electron chi connectivity index (χ0n) is 15.7. The predicted molar refractivity (Wildman–Crippen MR) is 107 cm³/mol. The predicted octanol–water partition coefficient (Wildman–Crippen LogP) is 3.19. The largest absolute Gasteiger partial charge is 0.497 e. The Kier molecular flexibility index (Phi) is 6.69. The van der Waals surface area contributed by atoms with Crippen LogP contribution in [0.2, 0.25) is 0 Å². The maximum absolute atomic E-state index is 11.9. The van der Waals surface area contributed by atoms with Crippen LogP contribution in [-0.4, -0.2) is 42.1 Å². The highest BCUT2D eigenvalue weighted by molar-refractivity contribution is 7.99. The molecular formula is C19H18N4O5S. The third-order valence-electron chi connectivity index (χ3n) is 3.66. The van der Waals surface area contributed by atoms with E-state index in [1.807, 2.05) is 6.07 Å². The lowest BCUT2D eigenvalue weighted by atomic mass is 10.2. The number of carbonyl (C=O) groups is 2. The van der Waals surface area contributed by atoms with Gasteiger partial charge in [0.1, 0.15) is 11.5 Å². The molecule has 0 aliphatic heterocycles. The van der Waals surface area contributed by atoms with Crippen molar-refractivity contribution >= 4 is 29.4 Å². The van der Waals surface area contributed by atoms with Gasteiger partial charge in [0.15, 0.2) is 0 Å². The van der Waals surface area contributed by atoms with Crippen molar-refractivity contribution in [1.82, 2.24) is 15.5 Å². The fraction of sp³-hybridized carbons (Fsp3) is 0.158. The van der Waals surface area contributed by atoms with Gasteiger partial charge in [0.2, 0.25) is 5.91 Å². The Bertz CT molecular complexity index is 993. The summed E-state index contributed by atoms with van der Waals surface area (Å²) in [4.78, 5) is 23.8. The maximum Gasteiger partial charge on any atom is 0.325 e. The molecule has 0 saturated carbocycles. The highest BCUT2D eigenvalue weighted by Crippen LogP contribution is 2.33. The van der Waals surface area contributed by atoms with Crippen LogP contribution in [0.15, 0.2) is 58.2 Å². The zero-order valence-corrected chi connectivity index (χ0v) is 16.5. The number of benzene rings is 2. The van der Waals surface area contributed by atoms with Gasteiger partial charge in [0.25, 0.3) is 11.1 Å². The molecule has 150 valence electrons. The van der Waals surface area contributed by atoms with E-state index >= 15 is 0 Å². The van der Waals surface area contributed by atoms with Crippen LogP contribution in [0, 0.1) is 0 Å². The van der Waals surface area contributed by atoms with Gasteiger partial charge in [-0.3, -0.25) is 10.1 Å². The molecule has 1 aromatic heterocycles. The molecule has 3 rings (SSSR count). The van der Waals surface area contributed by atoms with Gasteiger partial charge < -0.3 is 19.2 Å². The van der Waals surface area contributed by atoms with Crippen molar-refractivity contribution in [2.75, 3.05) is 25.3 Å². The molecule has 0 atom stereocenters. The number of nitrogens with zero attached hydrogens (tertiary/aromatic N) is 2. The maximum atomic E-state index is 11.9. The second-order valence-electron chi connectivity index (χ2n) is 5.60. The van der Waals surface area contributed by atoms with E-state index in [4.69, 9.17) is 13.9 Å². The number of amides is 3. The fourth-order valence-electron chi connectivity index (χ4n) is 2.33. The van der Waals surface area contributed by atoms with E-state index in [2.05, 4.69) is 20.8 Å². The minimum absolute atomic E-state index is 0.0659. The standard InChI is InChI=1S/C19H18N4O5S/c1-26-13-8-9-14(15(10-13)27-2)17-22-23-19(28-17)29-11-16(24)21-18(25)20-12-6-4-3-5-7-12/h3-10H,11H2,1-2H3,(H2,20,21,24,25). The second kappa shape index (κ2) is 9.60. The van der Waals surface area contributed by atoms with E-state index in [0.29, 0.717) is 22.7 Å². The van der Waals surface area contributed by atoms with E-state index in [-0.39, 0.29) is 16.9 Å². The Labute approximate surface area is 170 Å². The quantitative estimate of drug-likeness (QED) is 0.566. The number of methoxy groups -OCH3 is 2. The van der Waals surface area contributed by atoms with Gasteiger partial charge in [-0.25, -0.2) is 4.79 Å². The monoisotopic (exact) mass is 414 g/mol. The van der Waals surface area contributed by atoms with Crippen LogP contribution in [0.5, 0.6) is 11.5 Å². The molecule has 9 nitrogen and oxygen atoms in total. The van der Waals surface area contributed by atoms with Crippen molar-refractivity contribution in [3.63, 3.8) is 0 Å². The molecule has 2 N–H and O–H groups in total. The molecule has 0 fully saturated rings. The van der Waals surface area contributed by atoms with Crippen molar-refractivity contribution < 1.29 is 23.5 Å². The lowest BCUT2D eigenvalue weighted by molar-refractivity contribution is -0.117. The van der Waals surface area contributed by atoms with Gasteiger partial charge in [-0.05, 0) is 24.3 Å². The van der Waals surface area contributed by atoms with Gasteiger partial charge in [-0.1, -0.05) is 30.0 Å². The average molecular weight is 414 g/mol. The average Bonchev–Trinajstić information content (AvgIpc) is 3.21. The zero-order chi connectivity index (χ0) is 20.6. The number of hydrogen-bond acceptors (Lipinski definition) is 8. The molecule has 0 aliphatic rings. The van der Waals surface area contributed by atoms with Crippen molar-refractivity contribution in [1.29, 1.82) is 0 Å². The number of hydrogen-bond donors (Lipinski definition) is 2. The van der Waals surface area contributed by atoms with Crippen molar-refractivity contribution in [2.45, 2.75) is 5.22 Å². The molecule has 0 bridgehead atoms. The molecule has 2 aromatic carbocycles. The Hall–Kier alpha value is -3.53. The lowest BCUT2D eigenvalue weighted by Crippen LogP contribution is -2.35. The Morgan fingerprint density at radius 1 is 1.07 bits per heavy atom. The summed E-state index contributed by atoms with van der Waals surface area (Å²) in [5.74, 6) is 0.827. The number of imide groups is 1. The van der Waals surface area contributed by atoms with E-state index in [1.54, 1.807) is 49.6 Å². The molecule has 3 amide bonds. The van der Waals surface area contributed by atoms with E-state index in [9.17, 15) is 9.59 Å². The second-order valence-corrected chi connectivity index (χ2v) is 6.52. The molecule has 0 saturated heterocycles. The number of ether oxygens (including phenoxy) is 2. The number of aromatic nitrogens is 2. The number of carbonyl (C=O) groups excluding carboxylic acids is 2. The number of rotatable bonds is 7. The van der Waals surface area contributed by atoms with E-state index < -0.39 is 11.9 Å². The van der Waals surface area contributed by atoms with Crippen molar-refractivity contribution in [3.8, 4) is 23.0 Å². The van der Waals surface area contributed by atoms with Crippen LogP contribution in [-0.2, 0) is 4.79 Å². The highest BCUT2D eigenvalue weighted by Gasteiger charge is 2.16. The van der Waals surface area contributed by atoms with Gasteiger partial charge >= 0.3 is 6.03 Å². The van der Waals surface area contributed by atoms with Crippen molar-refractivity contribution in [2.24, 2.45) is 0 Å². The lowest BCUT2D eigenvalue weighted by Gasteiger charge is -2.07. The molecule has 1 heterocycles. The first kappa shape index (κ1) is 20.2. The molecule has 10 heteroatoms. The summed E-state index contributed by atoms with van der Waals surface area (Å²) >= 11 is 1.02. The SMILES string of the molecule is COc1ccc(-c2nnc(SCC(=O)NC(=O)Nc3ccccc3)o2)c(OC)c1. The summed E-state index contributed by atoms with van der Waals surface area (Å²) in [5, 5.41) is 12.9. The number of urea groups is 1. The smallest absolute Gasteiger partial charge is 0.325 e. The van der Waals surface area contributed by atoms with Crippen LogP contribution in [0.25, 0.3) is 11.5 Å². The minimum Gasteiger partial charge on any atom is -0.497 e.